The number of allylic oxidation sites excluding steroid dienone is 1. The molecule has 82 valence electrons. The van der Waals surface area contributed by atoms with E-state index in [0.29, 0.717) is 0 Å². The van der Waals surface area contributed by atoms with Gasteiger partial charge in [0.2, 0.25) is 0 Å². The molecule has 0 aromatic heterocycles. The van der Waals surface area contributed by atoms with Crippen molar-refractivity contribution in [2.75, 3.05) is 19.6 Å². The highest BCUT2D eigenvalue weighted by atomic mass is 28.3. The quantitative estimate of drug-likeness (QED) is 0.481. The molecule has 1 fully saturated rings. The monoisotopic (exact) mass is 211 g/mol. The van der Waals surface area contributed by atoms with Gasteiger partial charge in [-0.25, -0.2) is 0 Å². The lowest BCUT2D eigenvalue weighted by Gasteiger charge is -2.32. The van der Waals surface area contributed by atoms with Crippen LogP contribution in [0.2, 0.25) is 25.2 Å². The van der Waals surface area contributed by atoms with Gasteiger partial charge >= 0.3 is 0 Å². The van der Waals surface area contributed by atoms with Gasteiger partial charge in [-0.15, -0.1) is 6.58 Å². The maximum Gasteiger partial charge on any atom is 0.0514 e. The SMILES string of the molecule is C=C(C)C[Si](C)(C)CCCN1CCC1. The van der Waals surface area contributed by atoms with Crippen LogP contribution in [0.25, 0.3) is 0 Å². The normalized spacial score (nSPS) is 17.9. The molecule has 1 saturated heterocycles. The molecule has 0 amide bonds. The molecule has 0 atom stereocenters. The van der Waals surface area contributed by atoms with Crippen LogP contribution in [-0.4, -0.2) is 32.6 Å². The number of rotatable bonds is 6. The lowest BCUT2D eigenvalue weighted by molar-refractivity contribution is 0.182. The molecule has 0 unspecified atom stereocenters. The number of hydrogen-bond acceptors (Lipinski definition) is 1. The van der Waals surface area contributed by atoms with Crippen LogP contribution in [0, 0.1) is 0 Å². The van der Waals surface area contributed by atoms with Gasteiger partial charge in [-0.2, -0.15) is 0 Å². The van der Waals surface area contributed by atoms with Gasteiger partial charge in [0.25, 0.3) is 0 Å². The third-order valence-corrected chi connectivity index (χ3v) is 6.32. The molecule has 0 radical (unpaired) electrons. The van der Waals surface area contributed by atoms with Crippen molar-refractivity contribution < 1.29 is 0 Å². The predicted molar refractivity (Wildman–Crippen MR) is 67.6 cm³/mol. The third-order valence-electron chi connectivity index (χ3n) is 3.06. The molecule has 0 saturated carbocycles. The van der Waals surface area contributed by atoms with Crippen LogP contribution in [-0.2, 0) is 0 Å². The lowest BCUT2D eigenvalue weighted by atomic mass is 10.2. The molecule has 0 bridgehead atoms. The summed E-state index contributed by atoms with van der Waals surface area (Å²) in [6.07, 6.45) is 2.83. The Hall–Kier alpha value is -0.0831. The van der Waals surface area contributed by atoms with E-state index in [-0.39, 0.29) is 0 Å². The Morgan fingerprint density at radius 1 is 1.36 bits per heavy atom. The van der Waals surface area contributed by atoms with E-state index in [9.17, 15) is 0 Å². The molecule has 0 spiro atoms. The van der Waals surface area contributed by atoms with Gasteiger partial charge in [0.15, 0.2) is 0 Å². The third kappa shape index (κ3) is 4.42. The summed E-state index contributed by atoms with van der Waals surface area (Å²) < 4.78 is 0. The summed E-state index contributed by atoms with van der Waals surface area (Å²) in [5.41, 5.74) is 1.38. The second-order valence-electron chi connectivity index (χ2n) is 5.60. The Bertz CT molecular complexity index is 194. The van der Waals surface area contributed by atoms with Crippen molar-refractivity contribution in [1.82, 2.24) is 4.90 Å². The van der Waals surface area contributed by atoms with Crippen molar-refractivity contribution >= 4 is 8.07 Å². The fraction of sp³-hybridized carbons (Fsp3) is 0.833. The standard InChI is InChI=1S/C12H25NSi/c1-12(2)11-14(3,4)10-6-9-13-7-5-8-13/h1,5-11H2,2-4H3. The zero-order valence-corrected chi connectivity index (χ0v) is 11.1. The van der Waals surface area contributed by atoms with Crippen molar-refractivity contribution in [2.24, 2.45) is 0 Å². The second-order valence-corrected chi connectivity index (χ2v) is 10.8. The van der Waals surface area contributed by atoms with Gasteiger partial charge in [-0.1, -0.05) is 24.7 Å². The summed E-state index contributed by atoms with van der Waals surface area (Å²) in [6.45, 7) is 15.2. The summed E-state index contributed by atoms with van der Waals surface area (Å²) in [5.74, 6) is 0. The first-order chi connectivity index (χ1) is 6.49. The maximum absolute atomic E-state index is 4.04. The average molecular weight is 211 g/mol. The largest absolute Gasteiger partial charge is 0.303 e. The molecular weight excluding hydrogens is 186 g/mol. The highest BCUT2D eigenvalue weighted by Crippen LogP contribution is 2.22. The Morgan fingerprint density at radius 3 is 2.43 bits per heavy atom. The van der Waals surface area contributed by atoms with Gasteiger partial charge in [-0.3, -0.25) is 0 Å². The van der Waals surface area contributed by atoms with E-state index in [0.717, 1.165) is 0 Å². The first-order valence-electron chi connectivity index (χ1n) is 5.86. The molecule has 2 heteroatoms. The van der Waals surface area contributed by atoms with E-state index in [4.69, 9.17) is 0 Å². The van der Waals surface area contributed by atoms with E-state index >= 15 is 0 Å². The van der Waals surface area contributed by atoms with Gasteiger partial charge < -0.3 is 4.90 Å². The highest BCUT2D eigenvalue weighted by molar-refractivity contribution is 6.77. The van der Waals surface area contributed by atoms with Crippen LogP contribution >= 0.6 is 0 Å². The van der Waals surface area contributed by atoms with Crippen LogP contribution in [0.3, 0.4) is 0 Å². The fourth-order valence-corrected chi connectivity index (χ4v) is 5.22. The molecule has 1 heterocycles. The van der Waals surface area contributed by atoms with Gasteiger partial charge in [0.1, 0.15) is 0 Å². The van der Waals surface area contributed by atoms with Crippen LogP contribution in [0.15, 0.2) is 12.2 Å². The first-order valence-corrected chi connectivity index (χ1v) is 9.28. The summed E-state index contributed by atoms with van der Waals surface area (Å²) in [4.78, 5) is 2.57. The number of nitrogens with zero attached hydrogens (tertiary/aromatic N) is 1. The van der Waals surface area contributed by atoms with Crippen molar-refractivity contribution in [1.29, 1.82) is 0 Å². The van der Waals surface area contributed by atoms with Crippen LogP contribution in [0.4, 0.5) is 0 Å². The minimum Gasteiger partial charge on any atom is -0.303 e. The molecule has 0 aromatic carbocycles. The Labute approximate surface area is 90.2 Å². The van der Waals surface area contributed by atoms with Crippen LogP contribution < -0.4 is 0 Å². The minimum absolute atomic E-state index is 0.948. The molecule has 1 aliphatic rings. The highest BCUT2D eigenvalue weighted by Gasteiger charge is 2.21. The summed E-state index contributed by atoms with van der Waals surface area (Å²) in [6, 6.07) is 2.78. The topological polar surface area (TPSA) is 3.24 Å². The van der Waals surface area contributed by atoms with E-state index < -0.39 is 8.07 Å². The fourth-order valence-electron chi connectivity index (χ4n) is 2.29. The smallest absolute Gasteiger partial charge is 0.0514 e. The molecule has 14 heavy (non-hydrogen) atoms. The predicted octanol–water partition coefficient (Wildman–Crippen LogP) is 3.37. The zero-order valence-electron chi connectivity index (χ0n) is 10.1. The first kappa shape index (κ1) is 12.0. The maximum atomic E-state index is 4.04. The lowest BCUT2D eigenvalue weighted by Crippen LogP contribution is -2.38. The molecule has 1 aliphatic heterocycles. The average Bonchev–Trinajstić information content (AvgIpc) is 1.91. The van der Waals surface area contributed by atoms with E-state index in [2.05, 4.69) is 31.5 Å². The van der Waals surface area contributed by atoms with Gasteiger partial charge in [0, 0.05) is 0 Å². The molecule has 1 nitrogen and oxygen atoms in total. The van der Waals surface area contributed by atoms with E-state index in [1.54, 1.807) is 0 Å². The summed E-state index contributed by atoms with van der Waals surface area (Å²) in [7, 11) is -0.948. The minimum atomic E-state index is -0.948. The van der Waals surface area contributed by atoms with Crippen molar-refractivity contribution in [3.63, 3.8) is 0 Å². The number of hydrogen-bond donors (Lipinski definition) is 0. The Kier molecular flexibility index (Phi) is 4.39. The number of likely N-dealkylation sites (tertiary alicyclic amines) is 1. The molecule has 0 aromatic rings. The zero-order chi connectivity index (χ0) is 10.6. The van der Waals surface area contributed by atoms with Crippen LogP contribution in [0.1, 0.15) is 19.8 Å². The second kappa shape index (κ2) is 5.13. The molecule has 1 rings (SSSR count). The van der Waals surface area contributed by atoms with Crippen molar-refractivity contribution in [3.05, 3.63) is 12.2 Å². The molecule has 0 N–H and O–H groups in total. The van der Waals surface area contributed by atoms with Crippen LogP contribution in [0.5, 0.6) is 0 Å². The van der Waals surface area contributed by atoms with Gasteiger partial charge in [-0.05, 0) is 45.4 Å². The summed E-state index contributed by atoms with van der Waals surface area (Å²) in [5, 5.41) is 0. The summed E-state index contributed by atoms with van der Waals surface area (Å²) >= 11 is 0. The van der Waals surface area contributed by atoms with Crippen molar-refractivity contribution in [2.45, 2.75) is 44.9 Å². The van der Waals surface area contributed by atoms with Crippen molar-refractivity contribution in [3.8, 4) is 0 Å². The molecular formula is C12H25NSi. The Morgan fingerprint density at radius 2 is 2.00 bits per heavy atom. The molecule has 0 aliphatic carbocycles. The Balaban J connectivity index is 2.11. The van der Waals surface area contributed by atoms with E-state index in [1.165, 1.54) is 50.1 Å². The van der Waals surface area contributed by atoms with Gasteiger partial charge in [0.05, 0.1) is 8.07 Å². The van der Waals surface area contributed by atoms with E-state index in [1.807, 2.05) is 0 Å².